The molecule has 0 saturated carbocycles. The van der Waals surface area contributed by atoms with Crippen molar-refractivity contribution in [2.45, 2.75) is 172 Å². The van der Waals surface area contributed by atoms with Crippen molar-refractivity contribution in [3.05, 3.63) is 0 Å². The zero-order chi connectivity index (χ0) is 34.7. The summed E-state index contributed by atoms with van der Waals surface area (Å²) < 4.78 is 39.4. The number of ether oxygens (including phenoxy) is 6. The maximum absolute atomic E-state index is 11.8. The van der Waals surface area contributed by atoms with Gasteiger partial charge in [0.2, 0.25) is 0 Å². The third-order valence-electron chi connectivity index (χ3n) is 13.0. The first kappa shape index (κ1) is 37.4. The lowest BCUT2D eigenvalue weighted by Crippen LogP contribution is -2.57. The van der Waals surface area contributed by atoms with Gasteiger partial charge in [-0.05, 0) is 64.2 Å². The normalized spacial score (nSPS) is 50.9. The molecule has 1 spiro atoms. The van der Waals surface area contributed by atoms with Gasteiger partial charge in [0.05, 0.1) is 66.5 Å². The second-order valence-electron chi connectivity index (χ2n) is 16.3. The Labute approximate surface area is 281 Å². The van der Waals surface area contributed by atoms with Crippen LogP contribution in [0.2, 0.25) is 0 Å². The lowest BCUT2D eigenvalue weighted by atomic mass is 9.78. The Morgan fingerprint density at radius 2 is 1.72 bits per heavy atom. The number of rotatable bonds is 10. The van der Waals surface area contributed by atoms with Crippen molar-refractivity contribution in [1.82, 2.24) is 0 Å². The molecule has 0 unspecified atom stereocenters. The van der Waals surface area contributed by atoms with Crippen molar-refractivity contribution in [2.75, 3.05) is 13.7 Å². The third kappa shape index (κ3) is 6.67. The highest BCUT2D eigenvalue weighted by Crippen LogP contribution is 2.55. The summed E-state index contributed by atoms with van der Waals surface area (Å²) in [5, 5.41) is 41.8. The molecule has 17 atom stereocenters. The zero-order valence-electron chi connectivity index (χ0n) is 30.0. The first-order valence-electron chi connectivity index (χ1n) is 18.1. The fraction of sp³-hybridized carbons (Fsp3) is 0.972. The number of hydrogen-bond donors (Lipinski definition) is 4. The minimum Gasteiger partial charge on any atom is -0.481 e. The number of aliphatic hydroxyl groups is 3. The van der Waals surface area contributed by atoms with E-state index in [1.54, 1.807) is 6.92 Å². The summed E-state index contributed by atoms with van der Waals surface area (Å²) in [5.74, 6) is -4.52. The summed E-state index contributed by atoms with van der Waals surface area (Å²) in [6.07, 6.45) is 2.99. The fourth-order valence-corrected chi connectivity index (χ4v) is 9.91. The molecule has 5 fully saturated rings. The number of carboxylic acids is 1. The van der Waals surface area contributed by atoms with Crippen LogP contribution in [0.25, 0.3) is 0 Å². The monoisotopic (exact) mass is 670 g/mol. The van der Waals surface area contributed by atoms with Crippen molar-refractivity contribution < 1.29 is 53.6 Å². The quantitative estimate of drug-likeness (QED) is 0.264. The van der Waals surface area contributed by atoms with Crippen LogP contribution < -0.4 is 0 Å². The van der Waals surface area contributed by atoms with E-state index in [2.05, 4.69) is 27.7 Å². The molecule has 5 rings (SSSR count). The molecular weight excluding hydrogens is 608 g/mol. The van der Waals surface area contributed by atoms with Crippen LogP contribution in [0.3, 0.4) is 0 Å². The predicted molar refractivity (Wildman–Crippen MR) is 172 cm³/mol. The second-order valence-corrected chi connectivity index (χ2v) is 16.3. The van der Waals surface area contributed by atoms with E-state index in [9.17, 15) is 25.2 Å². The van der Waals surface area contributed by atoms with Crippen LogP contribution in [0.15, 0.2) is 0 Å². The minimum absolute atomic E-state index is 0.153. The Hall–Kier alpha value is -0.890. The van der Waals surface area contributed by atoms with E-state index in [4.69, 9.17) is 28.4 Å². The molecule has 5 heterocycles. The van der Waals surface area contributed by atoms with Gasteiger partial charge in [0.1, 0.15) is 0 Å². The number of carboxylic acid groups (broad SMARTS) is 1. The SMILES string of the molecule is CC[C@@]1([C@@H]2O[C@@H]([C@H]3O[C@@](O)(CO)[C@H](C)C[C@@H]3C)C[C@@H]2C)CC[C@H]([C@]2(C)CC[C@@]3(C[C@H](O)[C@@H](C)[C@@H]([C@@H](C)[C@@H](OC)[C@H](C)C(=O)O)O3)O2)O1. The maximum atomic E-state index is 11.8. The van der Waals surface area contributed by atoms with Crippen molar-refractivity contribution in [1.29, 1.82) is 0 Å². The Morgan fingerprint density at radius 3 is 2.34 bits per heavy atom. The Morgan fingerprint density at radius 1 is 1.02 bits per heavy atom. The van der Waals surface area contributed by atoms with Gasteiger partial charge in [-0.3, -0.25) is 4.79 Å². The third-order valence-corrected chi connectivity index (χ3v) is 13.0. The molecule has 0 aromatic rings. The molecule has 272 valence electrons. The van der Waals surface area contributed by atoms with Gasteiger partial charge in [-0.1, -0.05) is 41.5 Å². The standard InChI is InChI=1S/C36H62O11/c1-10-34(31-20(3)16-26(43-31)28-19(2)15-21(4)36(41,18-37)46-28)12-11-27(44-34)33(8)13-14-35(47-33)17-25(38)22(5)30(45-35)23(6)29(42-9)24(7)32(39)40/h19-31,37-38,41H,10-18H2,1-9H3,(H,39,40)/t19-,20-,21+,22+,23-,24-,25-,26+,27+,28-,29+,30-,31+,33-,34-,35-,36-/m0/s1. The summed E-state index contributed by atoms with van der Waals surface area (Å²) in [6.45, 7) is 15.6. The molecule has 0 amide bonds. The Kier molecular flexibility index (Phi) is 10.9. The van der Waals surface area contributed by atoms with Crippen molar-refractivity contribution in [2.24, 2.45) is 35.5 Å². The van der Waals surface area contributed by atoms with Gasteiger partial charge in [0.15, 0.2) is 11.6 Å². The van der Waals surface area contributed by atoms with E-state index in [-0.39, 0.29) is 54.0 Å². The fourth-order valence-electron chi connectivity index (χ4n) is 9.91. The lowest BCUT2D eigenvalue weighted by molar-refractivity contribution is -0.336. The molecule has 0 bridgehead atoms. The van der Waals surface area contributed by atoms with E-state index >= 15 is 0 Å². The van der Waals surface area contributed by atoms with Crippen molar-refractivity contribution >= 4 is 5.97 Å². The van der Waals surface area contributed by atoms with Crippen LogP contribution >= 0.6 is 0 Å². The molecule has 0 aliphatic carbocycles. The van der Waals surface area contributed by atoms with Crippen LogP contribution in [0.5, 0.6) is 0 Å². The highest BCUT2D eigenvalue weighted by Gasteiger charge is 2.62. The molecule has 4 N–H and O–H groups in total. The number of carbonyl (C=O) groups is 1. The summed E-state index contributed by atoms with van der Waals surface area (Å²) in [6, 6.07) is 0. The summed E-state index contributed by atoms with van der Waals surface area (Å²) >= 11 is 0. The summed E-state index contributed by atoms with van der Waals surface area (Å²) in [7, 11) is 1.52. The Balaban J connectivity index is 1.29. The maximum Gasteiger partial charge on any atom is 0.308 e. The van der Waals surface area contributed by atoms with Gasteiger partial charge >= 0.3 is 5.97 Å². The van der Waals surface area contributed by atoms with Crippen molar-refractivity contribution in [3.8, 4) is 0 Å². The second kappa shape index (κ2) is 13.7. The molecule has 0 aromatic heterocycles. The van der Waals surface area contributed by atoms with E-state index < -0.39 is 59.6 Å². The molecule has 5 aliphatic heterocycles. The molecule has 47 heavy (non-hydrogen) atoms. The highest BCUT2D eigenvalue weighted by molar-refractivity contribution is 5.70. The molecule has 11 heteroatoms. The first-order valence-corrected chi connectivity index (χ1v) is 18.1. The van der Waals surface area contributed by atoms with Gasteiger partial charge in [0.25, 0.3) is 0 Å². The van der Waals surface area contributed by atoms with E-state index in [0.29, 0.717) is 19.3 Å². The zero-order valence-corrected chi connectivity index (χ0v) is 30.0. The van der Waals surface area contributed by atoms with Crippen LogP contribution in [0.1, 0.15) is 107 Å². The lowest BCUT2D eigenvalue weighted by Gasteiger charge is -2.49. The summed E-state index contributed by atoms with van der Waals surface area (Å²) in [4.78, 5) is 11.8. The topological polar surface area (TPSA) is 153 Å². The molecule has 5 aliphatic rings. The van der Waals surface area contributed by atoms with Crippen molar-refractivity contribution in [3.63, 3.8) is 0 Å². The highest BCUT2D eigenvalue weighted by atomic mass is 16.7. The van der Waals surface area contributed by atoms with E-state index in [1.807, 2.05) is 20.8 Å². The number of methoxy groups -OCH3 is 1. The molecular formula is C36H62O11. The molecule has 5 saturated heterocycles. The molecule has 0 aromatic carbocycles. The van der Waals surface area contributed by atoms with Crippen LogP contribution in [-0.4, -0.2) is 106 Å². The van der Waals surface area contributed by atoms with Gasteiger partial charge < -0.3 is 48.8 Å². The predicted octanol–water partition coefficient (Wildman–Crippen LogP) is 4.27. The average Bonchev–Trinajstić information content (AvgIpc) is 3.73. The van der Waals surface area contributed by atoms with Crippen LogP contribution in [-0.2, 0) is 33.2 Å². The van der Waals surface area contributed by atoms with E-state index in [1.165, 1.54) is 7.11 Å². The smallest absolute Gasteiger partial charge is 0.308 e. The first-order chi connectivity index (χ1) is 22.0. The number of aliphatic carboxylic acids is 1. The number of aliphatic hydroxyl groups excluding tert-OH is 2. The molecule has 11 nitrogen and oxygen atoms in total. The number of hydrogen-bond acceptors (Lipinski definition) is 10. The van der Waals surface area contributed by atoms with Gasteiger partial charge in [-0.15, -0.1) is 0 Å². The molecule has 0 radical (unpaired) electrons. The van der Waals surface area contributed by atoms with Gasteiger partial charge in [0, 0.05) is 37.7 Å². The largest absolute Gasteiger partial charge is 0.481 e. The van der Waals surface area contributed by atoms with Gasteiger partial charge in [-0.2, -0.15) is 0 Å². The van der Waals surface area contributed by atoms with Gasteiger partial charge in [-0.25, -0.2) is 0 Å². The summed E-state index contributed by atoms with van der Waals surface area (Å²) in [5.41, 5.74) is -1.15. The Bertz CT molecular complexity index is 1110. The minimum atomic E-state index is -1.56. The average molecular weight is 671 g/mol. The van der Waals surface area contributed by atoms with Crippen LogP contribution in [0, 0.1) is 35.5 Å². The van der Waals surface area contributed by atoms with E-state index in [0.717, 1.165) is 32.1 Å². The van der Waals surface area contributed by atoms with Crippen LogP contribution in [0.4, 0.5) is 0 Å².